The van der Waals surface area contributed by atoms with Crippen molar-refractivity contribution >= 4 is 23.2 Å². The molecule has 6 nitrogen and oxygen atoms in total. The maximum absolute atomic E-state index is 11.9. The normalized spacial score (nSPS) is 16.2. The number of thiazole rings is 1. The second kappa shape index (κ2) is 6.43. The quantitative estimate of drug-likeness (QED) is 0.799. The van der Waals surface area contributed by atoms with E-state index in [4.69, 9.17) is 5.11 Å². The van der Waals surface area contributed by atoms with Gasteiger partial charge in [0.1, 0.15) is 0 Å². The summed E-state index contributed by atoms with van der Waals surface area (Å²) >= 11 is 1.16. The number of amides is 1. The highest BCUT2D eigenvalue weighted by molar-refractivity contribution is 7.07. The highest BCUT2D eigenvalue weighted by Gasteiger charge is 2.40. The van der Waals surface area contributed by atoms with E-state index < -0.39 is 11.5 Å². The van der Waals surface area contributed by atoms with Gasteiger partial charge in [0.05, 0.1) is 12.0 Å². The van der Waals surface area contributed by atoms with E-state index in [0.717, 1.165) is 36.3 Å². The molecule has 2 rings (SSSR count). The van der Waals surface area contributed by atoms with Crippen LogP contribution in [-0.4, -0.2) is 27.1 Å². The third-order valence-corrected chi connectivity index (χ3v) is 4.85. The van der Waals surface area contributed by atoms with Crippen LogP contribution in [0.25, 0.3) is 0 Å². The van der Waals surface area contributed by atoms with E-state index >= 15 is 0 Å². The van der Waals surface area contributed by atoms with E-state index in [1.54, 1.807) is 9.95 Å². The average Bonchev–Trinajstić information content (AvgIpc) is 2.67. The molecule has 0 aliphatic heterocycles. The lowest BCUT2D eigenvalue weighted by Crippen LogP contribution is -2.54. The molecule has 2 N–H and O–H groups in total. The molecule has 0 unspecified atom stereocenters. The first-order chi connectivity index (χ1) is 9.92. The van der Waals surface area contributed by atoms with E-state index in [2.05, 4.69) is 5.32 Å². The van der Waals surface area contributed by atoms with Crippen molar-refractivity contribution in [1.82, 2.24) is 9.88 Å². The van der Waals surface area contributed by atoms with Gasteiger partial charge in [0, 0.05) is 24.0 Å². The highest BCUT2D eigenvalue weighted by atomic mass is 32.1. The van der Waals surface area contributed by atoms with Crippen molar-refractivity contribution in [2.24, 2.45) is 0 Å². The minimum absolute atomic E-state index is 0.00533. The molecule has 7 heteroatoms. The average molecular weight is 312 g/mol. The number of hydrogen-bond donors (Lipinski definition) is 2. The number of carbonyl (C=O) groups is 2. The number of carbonyl (C=O) groups excluding carboxylic acids is 1. The molecule has 1 saturated carbocycles. The zero-order chi connectivity index (χ0) is 15.5. The topological polar surface area (TPSA) is 88.4 Å². The number of nitrogens with zero attached hydrogens (tertiary/aromatic N) is 1. The molecule has 0 aromatic carbocycles. The Balaban J connectivity index is 1.80. The number of carboxylic acids is 1. The van der Waals surface area contributed by atoms with Crippen LogP contribution < -0.4 is 10.2 Å². The molecule has 0 atom stereocenters. The molecule has 1 heterocycles. The molecule has 1 aliphatic carbocycles. The first-order valence-electron chi connectivity index (χ1n) is 7.10. The molecule has 0 spiro atoms. The standard InChI is InChI=1S/C14H20N2O4S/c1-10-9-21-13(20)16(10)7-2-4-11(17)15-14(5-3-6-14)8-12(18)19/h9H,2-8H2,1H3,(H,15,17)(H,18,19). The first-order valence-corrected chi connectivity index (χ1v) is 7.98. The van der Waals surface area contributed by atoms with Gasteiger partial charge in [0.15, 0.2) is 0 Å². The van der Waals surface area contributed by atoms with Crippen LogP contribution in [0.4, 0.5) is 0 Å². The lowest BCUT2D eigenvalue weighted by molar-refractivity contribution is -0.140. The molecule has 0 bridgehead atoms. The summed E-state index contributed by atoms with van der Waals surface area (Å²) in [5.41, 5.74) is 0.365. The van der Waals surface area contributed by atoms with Gasteiger partial charge in [-0.3, -0.25) is 14.4 Å². The summed E-state index contributed by atoms with van der Waals surface area (Å²) in [6, 6.07) is 0. The van der Waals surface area contributed by atoms with Crippen LogP contribution in [0, 0.1) is 6.92 Å². The minimum Gasteiger partial charge on any atom is -0.481 e. The molecule has 1 fully saturated rings. The third-order valence-electron chi connectivity index (χ3n) is 3.97. The van der Waals surface area contributed by atoms with Crippen LogP contribution in [0.15, 0.2) is 10.2 Å². The van der Waals surface area contributed by atoms with Gasteiger partial charge >= 0.3 is 10.8 Å². The van der Waals surface area contributed by atoms with Crippen LogP contribution in [0.5, 0.6) is 0 Å². The minimum atomic E-state index is -0.879. The van der Waals surface area contributed by atoms with Crippen molar-refractivity contribution in [2.75, 3.05) is 0 Å². The summed E-state index contributed by atoms with van der Waals surface area (Å²) in [6.45, 7) is 2.39. The second-order valence-electron chi connectivity index (χ2n) is 5.65. The number of rotatable bonds is 7. The maximum atomic E-state index is 11.9. The van der Waals surface area contributed by atoms with Crippen molar-refractivity contribution in [3.8, 4) is 0 Å². The fraction of sp³-hybridized carbons (Fsp3) is 0.643. The molecule has 21 heavy (non-hydrogen) atoms. The predicted molar refractivity (Wildman–Crippen MR) is 79.5 cm³/mol. The van der Waals surface area contributed by atoms with Gasteiger partial charge in [0.25, 0.3) is 0 Å². The number of aliphatic carboxylic acids is 1. The van der Waals surface area contributed by atoms with Gasteiger partial charge in [-0.05, 0) is 32.6 Å². The molecular weight excluding hydrogens is 292 g/mol. The Morgan fingerprint density at radius 3 is 2.67 bits per heavy atom. The molecule has 116 valence electrons. The van der Waals surface area contributed by atoms with Crippen LogP contribution in [-0.2, 0) is 16.1 Å². The van der Waals surface area contributed by atoms with Crippen molar-refractivity contribution in [3.63, 3.8) is 0 Å². The fourth-order valence-electron chi connectivity index (χ4n) is 2.67. The monoisotopic (exact) mass is 312 g/mol. The van der Waals surface area contributed by atoms with Gasteiger partial charge in [-0.2, -0.15) is 0 Å². The number of nitrogens with one attached hydrogen (secondary N) is 1. The summed E-state index contributed by atoms with van der Waals surface area (Å²) in [6.07, 6.45) is 3.29. The maximum Gasteiger partial charge on any atom is 0.307 e. The Labute approximate surface area is 126 Å². The van der Waals surface area contributed by atoms with Gasteiger partial charge in [-0.1, -0.05) is 11.3 Å². The van der Waals surface area contributed by atoms with Gasteiger partial charge in [0.2, 0.25) is 5.91 Å². The second-order valence-corrected chi connectivity index (χ2v) is 6.47. The summed E-state index contributed by atoms with van der Waals surface area (Å²) in [5, 5.41) is 13.6. The van der Waals surface area contributed by atoms with Crippen molar-refractivity contribution in [1.29, 1.82) is 0 Å². The summed E-state index contributed by atoms with van der Waals surface area (Å²) in [7, 11) is 0. The Kier molecular flexibility index (Phi) is 4.82. The van der Waals surface area contributed by atoms with Crippen molar-refractivity contribution in [3.05, 3.63) is 20.7 Å². The van der Waals surface area contributed by atoms with E-state index in [1.807, 2.05) is 6.92 Å². The SMILES string of the molecule is Cc1csc(=O)n1CCCC(=O)NC1(CC(=O)O)CCC1. The van der Waals surface area contributed by atoms with E-state index in [0.29, 0.717) is 19.4 Å². The summed E-state index contributed by atoms with van der Waals surface area (Å²) in [5.74, 6) is -1.01. The van der Waals surface area contributed by atoms with E-state index in [-0.39, 0.29) is 17.2 Å². The number of aryl methyl sites for hydroxylation is 1. The summed E-state index contributed by atoms with van der Waals surface area (Å²) in [4.78, 5) is 34.3. The molecule has 1 aliphatic rings. The Hall–Kier alpha value is -1.63. The van der Waals surface area contributed by atoms with Crippen molar-refractivity contribution in [2.45, 2.75) is 57.5 Å². The first kappa shape index (κ1) is 15.8. The zero-order valence-electron chi connectivity index (χ0n) is 12.1. The van der Waals surface area contributed by atoms with Gasteiger partial charge < -0.3 is 15.0 Å². The lowest BCUT2D eigenvalue weighted by Gasteiger charge is -2.41. The number of carboxylic acid groups (broad SMARTS) is 1. The Morgan fingerprint density at radius 1 is 1.48 bits per heavy atom. The predicted octanol–water partition coefficient (Wildman–Crippen LogP) is 1.51. The molecule has 0 saturated heterocycles. The molecule has 1 amide bonds. The number of aromatic nitrogens is 1. The van der Waals surface area contributed by atoms with Crippen LogP contribution in [0.3, 0.4) is 0 Å². The highest BCUT2D eigenvalue weighted by Crippen LogP contribution is 2.35. The van der Waals surface area contributed by atoms with E-state index in [9.17, 15) is 14.4 Å². The molecule has 1 aromatic rings. The fourth-order valence-corrected chi connectivity index (χ4v) is 3.43. The number of hydrogen-bond acceptors (Lipinski definition) is 4. The molecular formula is C14H20N2O4S. The van der Waals surface area contributed by atoms with Gasteiger partial charge in [-0.15, -0.1) is 0 Å². The van der Waals surface area contributed by atoms with Gasteiger partial charge in [-0.25, -0.2) is 0 Å². The van der Waals surface area contributed by atoms with Crippen LogP contribution in [0.2, 0.25) is 0 Å². The molecule has 0 radical (unpaired) electrons. The Bertz CT molecular complexity index is 586. The van der Waals surface area contributed by atoms with E-state index in [1.165, 1.54) is 0 Å². The summed E-state index contributed by atoms with van der Waals surface area (Å²) < 4.78 is 1.66. The molecule has 1 aromatic heterocycles. The smallest absolute Gasteiger partial charge is 0.307 e. The van der Waals surface area contributed by atoms with Crippen LogP contribution in [0.1, 0.15) is 44.2 Å². The lowest BCUT2D eigenvalue weighted by atomic mass is 9.74. The van der Waals surface area contributed by atoms with Crippen molar-refractivity contribution < 1.29 is 14.7 Å². The van der Waals surface area contributed by atoms with Crippen LogP contribution >= 0.6 is 11.3 Å². The largest absolute Gasteiger partial charge is 0.481 e. The third kappa shape index (κ3) is 3.93. The zero-order valence-corrected chi connectivity index (χ0v) is 12.9. The Morgan fingerprint density at radius 2 is 2.19 bits per heavy atom.